The van der Waals surface area contributed by atoms with Gasteiger partial charge in [0, 0.05) is 31.1 Å². The molecular formula is C11H13F3N2O2S. The lowest BCUT2D eigenvalue weighted by atomic mass is 10.1. The Morgan fingerprint density at radius 2 is 1.95 bits per heavy atom. The van der Waals surface area contributed by atoms with E-state index in [-0.39, 0.29) is 18.9 Å². The Morgan fingerprint density at radius 3 is 2.53 bits per heavy atom. The Hall–Kier alpha value is -1.44. The fraction of sp³-hybridized carbons (Fsp3) is 0.455. The summed E-state index contributed by atoms with van der Waals surface area (Å²) in [6.07, 6.45) is 3.85. The summed E-state index contributed by atoms with van der Waals surface area (Å²) in [4.78, 5) is 15.2. The first-order chi connectivity index (χ1) is 8.89. The van der Waals surface area contributed by atoms with Crippen molar-refractivity contribution in [1.29, 1.82) is 0 Å². The van der Waals surface area contributed by atoms with Crippen LogP contribution in [-0.2, 0) is 22.0 Å². The van der Waals surface area contributed by atoms with Crippen LogP contribution in [-0.4, -0.2) is 32.9 Å². The van der Waals surface area contributed by atoms with E-state index in [0.717, 1.165) is 5.56 Å². The molecule has 19 heavy (non-hydrogen) atoms. The highest BCUT2D eigenvalue weighted by molar-refractivity contribution is 7.85. The van der Waals surface area contributed by atoms with Crippen LogP contribution in [0.15, 0.2) is 24.5 Å². The summed E-state index contributed by atoms with van der Waals surface area (Å²) in [7, 11) is -2.92. The van der Waals surface area contributed by atoms with Crippen LogP contribution in [0.5, 0.6) is 0 Å². The normalized spacial score (nSPS) is 13.0. The first kappa shape index (κ1) is 15.6. The number of alkyl halides is 3. The summed E-state index contributed by atoms with van der Waals surface area (Å²) in [6, 6.07) is 3.51. The van der Waals surface area contributed by atoms with Gasteiger partial charge in [-0.1, -0.05) is 0 Å². The summed E-state index contributed by atoms with van der Waals surface area (Å²) >= 11 is 0. The number of hydrogen-bond acceptors (Lipinski definition) is 3. The number of nitrogens with one attached hydrogen (secondary N) is 1. The second-order valence-electron chi connectivity index (χ2n) is 3.70. The maximum absolute atomic E-state index is 11.9. The molecule has 1 aromatic heterocycles. The Kier molecular flexibility index (Phi) is 5.94. The quantitative estimate of drug-likeness (QED) is 0.862. The fourth-order valence-electron chi connectivity index (χ4n) is 1.29. The molecule has 1 rings (SSSR count). The number of carbonyl (C=O) groups excluding carboxylic acids is 1. The molecule has 0 bridgehead atoms. The van der Waals surface area contributed by atoms with Gasteiger partial charge in [0.1, 0.15) is 10.8 Å². The highest BCUT2D eigenvalue weighted by Crippen LogP contribution is 2.19. The Morgan fingerprint density at radius 1 is 1.32 bits per heavy atom. The van der Waals surface area contributed by atoms with E-state index in [2.05, 4.69) is 10.3 Å². The summed E-state index contributed by atoms with van der Waals surface area (Å²) < 4.78 is 46.4. The van der Waals surface area contributed by atoms with Crippen LogP contribution in [0.3, 0.4) is 0 Å². The first-order valence-electron chi connectivity index (χ1n) is 5.50. The van der Waals surface area contributed by atoms with Gasteiger partial charge in [-0.25, -0.2) is 0 Å². The van der Waals surface area contributed by atoms with Gasteiger partial charge in [-0.2, -0.15) is 13.2 Å². The molecule has 1 unspecified atom stereocenters. The lowest BCUT2D eigenvalue weighted by molar-refractivity contribution is -0.120. The van der Waals surface area contributed by atoms with Gasteiger partial charge >= 0.3 is 5.51 Å². The van der Waals surface area contributed by atoms with Crippen molar-refractivity contribution in [1.82, 2.24) is 10.3 Å². The van der Waals surface area contributed by atoms with Crippen molar-refractivity contribution in [2.24, 2.45) is 0 Å². The molecule has 0 aliphatic carbocycles. The number of rotatable bonds is 6. The molecule has 0 saturated carbocycles. The highest BCUT2D eigenvalue weighted by Gasteiger charge is 2.36. The zero-order chi connectivity index (χ0) is 14.3. The zero-order valence-electron chi connectivity index (χ0n) is 9.94. The van der Waals surface area contributed by atoms with Crippen molar-refractivity contribution in [3.05, 3.63) is 30.1 Å². The number of hydrogen-bond donors (Lipinski definition) is 1. The molecule has 0 radical (unpaired) electrons. The molecule has 8 heteroatoms. The smallest absolute Gasteiger partial charge is 0.355 e. The number of aromatic nitrogens is 1. The van der Waals surface area contributed by atoms with Crippen LogP contribution >= 0.6 is 0 Å². The van der Waals surface area contributed by atoms with Crippen LogP contribution in [0, 0.1) is 0 Å². The first-order valence-corrected chi connectivity index (χ1v) is 6.82. The molecule has 4 nitrogen and oxygen atoms in total. The maximum Gasteiger partial charge on any atom is 0.471 e. The van der Waals surface area contributed by atoms with E-state index in [4.69, 9.17) is 0 Å². The predicted molar refractivity (Wildman–Crippen MR) is 64.6 cm³/mol. The highest BCUT2D eigenvalue weighted by atomic mass is 32.2. The van der Waals surface area contributed by atoms with Crippen molar-refractivity contribution in [3.63, 3.8) is 0 Å². The van der Waals surface area contributed by atoms with E-state index >= 15 is 0 Å². The molecule has 0 saturated heterocycles. The summed E-state index contributed by atoms with van der Waals surface area (Å²) in [5, 5.41) is 2.31. The molecule has 0 aromatic carbocycles. The van der Waals surface area contributed by atoms with Crippen molar-refractivity contribution < 1.29 is 22.2 Å². The van der Waals surface area contributed by atoms with Gasteiger partial charge in [0.25, 0.3) is 0 Å². The van der Waals surface area contributed by atoms with Crippen molar-refractivity contribution in [2.75, 3.05) is 12.3 Å². The third kappa shape index (κ3) is 6.32. The number of pyridine rings is 1. The van der Waals surface area contributed by atoms with Gasteiger partial charge in [-0.05, 0) is 24.1 Å². The van der Waals surface area contributed by atoms with Crippen LogP contribution in [0.1, 0.15) is 12.0 Å². The minimum absolute atomic E-state index is 0.169. The van der Waals surface area contributed by atoms with Crippen molar-refractivity contribution >= 4 is 16.7 Å². The summed E-state index contributed by atoms with van der Waals surface area (Å²) in [5.74, 6) is -0.985. The van der Waals surface area contributed by atoms with Gasteiger partial charge in [0.15, 0.2) is 0 Å². The van der Waals surface area contributed by atoms with Crippen molar-refractivity contribution in [2.45, 2.75) is 18.3 Å². The van der Waals surface area contributed by atoms with E-state index in [1.165, 1.54) is 0 Å². The SMILES string of the molecule is O=C(CCc1ccncc1)NCCS(=O)C(F)(F)F. The zero-order valence-corrected chi connectivity index (χ0v) is 10.8. The molecule has 1 amide bonds. The number of carbonyl (C=O) groups is 1. The lowest BCUT2D eigenvalue weighted by Crippen LogP contribution is -2.31. The minimum atomic E-state index is -4.72. The third-order valence-electron chi connectivity index (χ3n) is 2.26. The molecule has 1 heterocycles. The Bertz CT molecular complexity index is 437. The molecule has 1 aromatic rings. The molecule has 0 fully saturated rings. The molecule has 1 atom stereocenters. The number of halogens is 3. The minimum Gasteiger partial charge on any atom is -0.355 e. The van der Waals surface area contributed by atoms with Gasteiger partial charge in [0.2, 0.25) is 5.91 Å². The predicted octanol–water partition coefficient (Wildman–Crippen LogP) is 1.40. The van der Waals surface area contributed by atoms with Gasteiger partial charge < -0.3 is 5.32 Å². The number of amides is 1. The fourth-order valence-corrected chi connectivity index (χ4v) is 1.81. The van der Waals surface area contributed by atoms with E-state index in [0.29, 0.717) is 6.42 Å². The second kappa shape index (κ2) is 7.22. The van der Waals surface area contributed by atoms with Gasteiger partial charge in [-0.3, -0.25) is 14.0 Å². The Balaban J connectivity index is 2.20. The van der Waals surface area contributed by atoms with Crippen LogP contribution < -0.4 is 5.32 Å². The van der Waals surface area contributed by atoms with E-state index in [9.17, 15) is 22.2 Å². The molecule has 0 spiro atoms. The van der Waals surface area contributed by atoms with Crippen LogP contribution in [0.4, 0.5) is 13.2 Å². The van der Waals surface area contributed by atoms with Gasteiger partial charge in [-0.15, -0.1) is 0 Å². The maximum atomic E-state index is 11.9. The van der Waals surface area contributed by atoms with Gasteiger partial charge in [0.05, 0.1) is 0 Å². The monoisotopic (exact) mass is 294 g/mol. The lowest BCUT2D eigenvalue weighted by Gasteiger charge is -2.07. The van der Waals surface area contributed by atoms with Crippen LogP contribution in [0.2, 0.25) is 0 Å². The third-order valence-corrected chi connectivity index (χ3v) is 3.35. The summed E-state index contributed by atoms with van der Waals surface area (Å²) in [5.41, 5.74) is -3.80. The largest absolute Gasteiger partial charge is 0.471 e. The van der Waals surface area contributed by atoms with E-state index in [1.807, 2.05) is 0 Å². The average molecular weight is 294 g/mol. The Labute approximate surface area is 110 Å². The molecule has 106 valence electrons. The average Bonchev–Trinajstić information content (AvgIpc) is 2.36. The molecule has 0 aliphatic heterocycles. The number of nitrogens with zero attached hydrogens (tertiary/aromatic N) is 1. The summed E-state index contributed by atoms with van der Waals surface area (Å²) in [6.45, 7) is -0.249. The topological polar surface area (TPSA) is 59.1 Å². The van der Waals surface area contributed by atoms with E-state index < -0.39 is 22.1 Å². The van der Waals surface area contributed by atoms with Crippen LogP contribution in [0.25, 0.3) is 0 Å². The second-order valence-corrected chi connectivity index (χ2v) is 5.26. The molecule has 0 aliphatic rings. The standard InChI is InChI=1S/C11H13F3N2O2S/c12-11(13,14)19(18)8-7-16-10(17)2-1-9-3-5-15-6-4-9/h3-6H,1-2,7-8H2,(H,16,17). The molecular weight excluding hydrogens is 281 g/mol. The van der Waals surface area contributed by atoms with E-state index in [1.54, 1.807) is 24.5 Å². The molecule has 1 N–H and O–H groups in total. The number of aryl methyl sites for hydroxylation is 1. The van der Waals surface area contributed by atoms with Crippen molar-refractivity contribution in [3.8, 4) is 0 Å².